The van der Waals surface area contributed by atoms with Crippen LogP contribution in [-0.2, 0) is 80.6 Å². The minimum Gasteiger partial charge on any atom is -0.459 e. The number of hydrogen-bond donors (Lipinski definition) is 0. The SMILES string of the molecule is C=C1CC2CCC34CC5OC6C(OC7CCC(CC(=O)OC8C(CC9OC(CCC1O2)CC(C)C9=C)OC1OC2OC9(CC2OC1C8C)CC1OC2(CC(C)C8OC(C(C)CC(C)CN(C)C)CC8O2)CC(C)C1O9)OC7C6O3)C5O4. The van der Waals surface area contributed by atoms with Crippen molar-refractivity contribution in [2.45, 2.75) is 309 Å². The predicted molar refractivity (Wildman–Crippen MR) is 288 cm³/mol. The quantitative estimate of drug-likeness (QED) is 0.195. The average molecular weight is 1140 g/mol. The summed E-state index contributed by atoms with van der Waals surface area (Å²) in [5.74, 6) is -1.52. The van der Waals surface area contributed by atoms with Crippen LogP contribution in [0.1, 0.15) is 151 Å². The van der Waals surface area contributed by atoms with Gasteiger partial charge in [0.25, 0.3) is 0 Å². The van der Waals surface area contributed by atoms with Crippen LogP contribution >= 0.6 is 0 Å². The van der Waals surface area contributed by atoms with Gasteiger partial charge in [-0.25, -0.2) is 0 Å². The summed E-state index contributed by atoms with van der Waals surface area (Å²) in [4.78, 5) is 16.9. The molecule has 32 atom stereocenters. The zero-order chi connectivity index (χ0) is 55.6. The van der Waals surface area contributed by atoms with E-state index >= 15 is 0 Å². The van der Waals surface area contributed by atoms with Gasteiger partial charge in [-0.15, -0.1) is 0 Å². The Balaban J connectivity index is 0.646. The Morgan fingerprint density at radius 3 is 2.05 bits per heavy atom. The monoisotopic (exact) mass is 1140 g/mol. The van der Waals surface area contributed by atoms with Crippen molar-refractivity contribution < 1.29 is 80.6 Å². The van der Waals surface area contributed by atoms with Crippen LogP contribution in [-0.4, -0.2) is 190 Å². The molecule has 0 aromatic rings. The molecule has 0 aliphatic carbocycles. The maximum Gasteiger partial charge on any atom is 0.308 e. The number of carbonyl (C=O) groups excluding carboxylic acids is 1. The topological polar surface area (TPSA) is 168 Å². The van der Waals surface area contributed by atoms with Crippen molar-refractivity contribution in [3.05, 3.63) is 24.3 Å². The third-order valence-corrected chi connectivity index (χ3v) is 22.4. The van der Waals surface area contributed by atoms with Crippen LogP contribution in [0.4, 0.5) is 0 Å². The van der Waals surface area contributed by atoms with E-state index in [-0.39, 0.29) is 122 Å². The minimum absolute atomic E-state index is 0.0126. The number of ether oxygens (including phenoxy) is 16. The van der Waals surface area contributed by atoms with Crippen LogP contribution in [0.2, 0.25) is 0 Å². The number of hydrogen-bond acceptors (Lipinski definition) is 18. The maximum absolute atomic E-state index is 14.6. The lowest BCUT2D eigenvalue weighted by Gasteiger charge is -2.51. The van der Waals surface area contributed by atoms with Gasteiger partial charge in [0.1, 0.15) is 54.9 Å². The van der Waals surface area contributed by atoms with Crippen molar-refractivity contribution in [2.24, 2.45) is 35.5 Å². The molecule has 32 unspecified atom stereocenters. The molecular formula is C63H93NO17. The molecule has 16 aliphatic heterocycles. The molecule has 0 aromatic carbocycles. The number of fused-ring (bicyclic) bond motifs is 10. The summed E-state index contributed by atoms with van der Waals surface area (Å²) in [6.07, 6.45) is 5.02. The van der Waals surface area contributed by atoms with Crippen LogP contribution in [0.25, 0.3) is 0 Å². The molecule has 18 nitrogen and oxygen atoms in total. The van der Waals surface area contributed by atoms with Crippen LogP contribution in [0.15, 0.2) is 24.3 Å². The fourth-order valence-corrected chi connectivity index (χ4v) is 18.7. The molecular weight excluding hydrogens is 1040 g/mol. The zero-order valence-corrected chi connectivity index (χ0v) is 49.3. The Morgan fingerprint density at radius 1 is 0.519 bits per heavy atom. The van der Waals surface area contributed by atoms with Gasteiger partial charge in [-0.1, -0.05) is 54.7 Å². The van der Waals surface area contributed by atoms with Gasteiger partial charge in [0.15, 0.2) is 29.9 Å². The second-order valence-corrected chi connectivity index (χ2v) is 29.0. The molecule has 3 spiro atoms. The maximum atomic E-state index is 14.6. The van der Waals surface area contributed by atoms with Gasteiger partial charge in [0, 0.05) is 63.8 Å². The Hall–Kier alpha value is -1.69. The van der Waals surface area contributed by atoms with Gasteiger partial charge in [-0.3, -0.25) is 4.79 Å². The summed E-state index contributed by atoms with van der Waals surface area (Å²) in [6, 6.07) is 0. The first-order valence-electron chi connectivity index (χ1n) is 32.0. The number of esters is 1. The predicted octanol–water partition coefficient (Wildman–Crippen LogP) is 7.59. The second-order valence-electron chi connectivity index (χ2n) is 29.0. The van der Waals surface area contributed by atoms with Crippen molar-refractivity contribution in [3.8, 4) is 0 Å². The first-order valence-corrected chi connectivity index (χ1v) is 32.0. The lowest BCUT2D eigenvalue weighted by molar-refractivity contribution is -0.392. The molecule has 452 valence electrons. The highest BCUT2D eigenvalue weighted by Gasteiger charge is 2.70. The molecule has 16 rings (SSSR count). The van der Waals surface area contributed by atoms with E-state index < -0.39 is 72.7 Å². The zero-order valence-electron chi connectivity index (χ0n) is 49.3. The van der Waals surface area contributed by atoms with E-state index in [0.29, 0.717) is 50.4 Å². The molecule has 16 heterocycles. The lowest BCUT2D eigenvalue weighted by atomic mass is 9.80. The van der Waals surface area contributed by atoms with Crippen molar-refractivity contribution in [2.75, 3.05) is 20.6 Å². The molecule has 12 bridgehead atoms. The fraction of sp³-hybridized carbons (Fsp3) is 0.921. The Kier molecular flexibility index (Phi) is 14.5. The lowest BCUT2D eigenvalue weighted by Crippen LogP contribution is -2.62. The molecule has 18 heteroatoms. The van der Waals surface area contributed by atoms with Gasteiger partial charge < -0.3 is 80.7 Å². The van der Waals surface area contributed by atoms with Crippen molar-refractivity contribution in [1.29, 1.82) is 0 Å². The first-order chi connectivity index (χ1) is 38.8. The second kappa shape index (κ2) is 21.0. The number of rotatable bonds is 5. The summed E-state index contributed by atoms with van der Waals surface area (Å²) in [6.45, 7) is 23.7. The van der Waals surface area contributed by atoms with Crippen molar-refractivity contribution in [3.63, 3.8) is 0 Å². The first kappa shape index (κ1) is 55.9. The number of nitrogens with zero attached hydrogens (tertiary/aromatic N) is 1. The van der Waals surface area contributed by atoms with E-state index in [1.165, 1.54) is 0 Å². The van der Waals surface area contributed by atoms with Crippen LogP contribution in [0, 0.1) is 35.5 Å². The standard InChI is InChI=1S/C63H93NO17/c1-29(28-64(9)10)17-31(3)42-21-45-50(70-42)33(5)23-62(76-45)24-34(6)51-47(77-62)26-63(78-51)27-48-59(81-63)75-60-53(72-48)36(8)52-44(73-60)22-43-35(7)30(2)18-37(67-43)11-13-40-32(4)19-39(66-40)15-16-61-25-46-55(79-61)56-57(71-46)58(80-61)54-41(69-56)14-12-38(68-54)20-49(65)74-52/h29-31,33-34,36-48,50-60H,4,7,11-28H2,1-3,5-6,8-10H3. The number of carbonyl (C=O) groups is 1. The Morgan fingerprint density at radius 2 is 1.21 bits per heavy atom. The van der Waals surface area contributed by atoms with E-state index in [4.69, 9.17) is 75.8 Å². The van der Waals surface area contributed by atoms with Gasteiger partial charge in [0.2, 0.25) is 0 Å². The average Bonchev–Trinajstić information content (AvgIpc) is 2.87. The van der Waals surface area contributed by atoms with Gasteiger partial charge in [-0.2, -0.15) is 0 Å². The molecule has 16 saturated heterocycles. The Bertz CT molecular complexity index is 2400. The van der Waals surface area contributed by atoms with Crippen molar-refractivity contribution in [1.82, 2.24) is 4.90 Å². The normalized spacial score (nSPS) is 56.2. The van der Waals surface area contributed by atoms with E-state index in [1.807, 2.05) is 0 Å². The smallest absolute Gasteiger partial charge is 0.308 e. The largest absolute Gasteiger partial charge is 0.459 e. The van der Waals surface area contributed by atoms with Crippen LogP contribution in [0.3, 0.4) is 0 Å². The van der Waals surface area contributed by atoms with Gasteiger partial charge in [-0.05, 0) is 106 Å². The van der Waals surface area contributed by atoms with E-state index in [0.717, 1.165) is 81.9 Å². The third kappa shape index (κ3) is 10.0. The van der Waals surface area contributed by atoms with E-state index in [9.17, 15) is 4.79 Å². The Labute approximate surface area is 479 Å². The highest BCUT2D eigenvalue weighted by Crippen LogP contribution is 2.58. The molecule has 0 amide bonds. The summed E-state index contributed by atoms with van der Waals surface area (Å²) in [5, 5.41) is 0. The summed E-state index contributed by atoms with van der Waals surface area (Å²) < 4.78 is 111. The van der Waals surface area contributed by atoms with Gasteiger partial charge >= 0.3 is 5.97 Å². The summed E-state index contributed by atoms with van der Waals surface area (Å²) in [5.41, 5.74) is 2.14. The van der Waals surface area contributed by atoms with E-state index in [1.54, 1.807) is 0 Å². The summed E-state index contributed by atoms with van der Waals surface area (Å²) in [7, 11) is 4.29. The molecule has 16 fully saturated rings. The highest BCUT2D eigenvalue weighted by atomic mass is 16.9. The summed E-state index contributed by atoms with van der Waals surface area (Å²) >= 11 is 0. The van der Waals surface area contributed by atoms with Crippen molar-refractivity contribution >= 4 is 5.97 Å². The molecule has 0 saturated carbocycles. The molecule has 0 aromatic heterocycles. The fourth-order valence-electron chi connectivity index (χ4n) is 18.7. The molecule has 16 aliphatic rings. The molecule has 0 radical (unpaired) electrons. The molecule has 0 N–H and O–H groups in total. The third-order valence-electron chi connectivity index (χ3n) is 22.4. The van der Waals surface area contributed by atoms with Crippen LogP contribution in [0.5, 0.6) is 0 Å². The minimum atomic E-state index is -0.979. The van der Waals surface area contributed by atoms with E-state index in [2.05, 4.69) is 73.7 Å². The molecule has 81 heavy (non-hydrogen) atoms. The van der Waals surface area contributed by atoms with Crippen LogP contribution < -0.4 is 0 Å². The van der Waals surface area contributed by atoms with Gasteiger partial charge in [0.05, 0.1) is 79.7 Å². The highest BCUT2D eigenvalue weighted by molar-refractivity contribution is 5.70.